The van der Waals surface area contributed by atoms with Crippen molar-refractivity contribution in [2.75, 3.05) is 45.2 Å². The summed E-state index contributed by atoms with van der Waals surface area (Å²) in [6.07, 6.45) is 0. The molecule has 6 heteroatoms. The second-order valence-corrected chi connectivity index (χ2v) is 8.44. The first-order valence-corrected chi connectivity index (χ1v) is 10.8. The van der Waals surface area contributed by atoms with Crippen molar-refractivity contribution in [3.8, 4) is 11.3 Å². The molecule has 29 heavy (non-hydrogen) atoms. The maximum atomic E-state index is 12.8. The number of nitrogens with zero attached hydrogens (tertiary/aromatic N) is 4. The number of aromatic nitrogens is 1. The van der Waals surface area contributed by atoms with Crippen molar-refractivity contribution in [2.24, 2.45) is 0 Å². The standard InChI is InChI=1S/C23H26N4OS/c1-25(2)20-10-8-19(9-11-20)23(28)27-14-12-26(13-15-27)16-22-24-21(17-29-22)18-6-4-3-5-7-18/h3-11,17H,12-16H2,1-2H3. The smallest absolute Gasteiger partial charge is 0.253 e. The Morgan fingerprint density at radius 3 is 2.34 bits per heavy atom. The van der Waals surface area contributed by atoms with Crippen LogP contribution in [0.5, 0.6) is 0 Å². The van der Waals surface area contributed by atoms with E-state index in [1.807, 2.05) is 66.4 Å². The van der Waals surface area contributed by atoms with Crippen LogP contribution in [0.2, 0.25) is 0 Å². The average molecular weight is 407 g/mol. The van der Waals surface area contributed by atoms with Crippen molar-refractivity contribution >= 4 is 22.9 Å². The third kappa shape index (κ3) is 4.66. The predicted molar refractivity (Wildman–Crippen MR) is 119 cm³/mol. The van der Waals surface area contributed by atoms with Crippen LogP contribution in [0, 0.1) is 0 Å². The van der Waals surface area contributed by atoms with E-state index in [0.717, 1.165) is 60.2 Å². The molecular weight excluding hydrogens is 380 g/mol. The van der Waals surface area contributed by atoms with Crippen molar-refractivity contribution in [3.05, 3.63) is 70.5 Å². The van der Waals surface area contributed by atoms with Gasteiger partial charge in [0.2, 0.25) is 0 Å². The fourth-order valence-corrected chi connectivity index (χ4v) is 4.35. The van der Waals surface area contributed by atoms with Crippen molar-refractivity contribution in [1.82, 2.24) is 14.8 Å². The number of anilines is 1. The normalized spacial score (nSPS) is 14.8. The van der Waals surface area contributed by atoms with Crippen molar-refractivity contribution < 1.29 is 4.79 Å². The Kier molecular flexibility index (Phi) is 5.92. The topological polar surface area (TPSA) is 39.7 Å². The van der Waals surface area contributed by atoms with E-state index in [0.29, 0.717) is 0 Å². The summed E-state index contributed by atoms with van der Waals surface area (Å²) in [7, 11) is 4.00. The highest BCUT2D eigenvalue weighted by Gasteiger charge is 2.22. The number of hydrogen-bond acceptors (Lipinski definition) is 5. The highest BCUT2D eigenvalue weighted by molar-refractivity contribution is 7.09. The quantitative estimate of drug-likeness (QED) is 0.646. The second kappa shape index (κ2) is 8.76. The van der Waals surface area contributed by atoms with Crippen LogP contribution >= 0.6 is 11.3 Å². The van der Waals surface area contributed by atoms with E-state index in [-0.39, 0.29) is 5.91 Å². The average Bonchev–Trinajstić information content (AvgIpc) is 3.23. The van der Waals surface area contributed by atoms with E-state index in [4.69, 9.17) is 4.98 Å². The summed E-state index contributed by atoms with van der Waals surface area (Å²) >= 11 is 1.71. The summed E-state index contributed by atoms with van der Waals surface area (Å²) in [6.45, 7) is 4.11. The van der Waals surface area contributed by atoms with Gasteiger partial charge in [0.1, 0.15) is 5.01 Å². The molecule has 3 aromatic rings. The molecule has 2 aromatic carbocycles. The number of carbonyl (C=O) groups is 1. The molecule has 5 nitrogen and oxygen atoms in total. The van der Waals surface area contributed by atoms with E-state index in [1.54, 1.807) is 11.3 Å². The number of hydrogen-bond donors (Lipinski definition) is 0. The van der Waals surface area contributed by atoms with E-state index in [2.05, 4.69) is 22.4 Å². The number of amides is 1. The molecule has 1 fully saturated rings. The van der Waals surface area contributed by atoms with Gasteiger partial charge in [-0.1, -0.05) is 30.3 Å². The van der Waals surface area contributed by atoms with Crippen LogP contribution in [-0.2, 0) is 6.54 Å². The largest absolute Gasteiger partial charge is 0.378 e. The van der Waals surface area contributed by atoms with E-state index >= 15 is 0 Å². The molecule has 0 aliphatic carbocycles. The van der Waals surface area contributed by atoms with Gasteiger partial charge in [-0.15, -0.1) is 11.3 Å². The van der Waals surface area contributed by atoms with Gasteiger partial charge >= 0.3 is 0 Å². The minimum atomic E-state index is 0.121. The summed E-state index contributed by atoms with van der Waals surface area (Å²) in [5.74, 6) is 0.121. The lowest BCUT2D eigenvalue weighted by Gasteiger charge is -2.34. The molecule has 0 N–H and O–H groups in total. The second-order valence-electron chi connectivity index (χ2n) is 7.50. The van der Waals surface area contributed by atoms with Crippen molar-refractivity contribution in [1.29, 1.82) is 0 Å². The summed E-state index contributed by atoms with van der Waals surface area (Å²) < 4.78 is 0. The Balaban J connectivity index is 1.31. The lowest BCUT2D eigenvalue weighted by molar-refractivity contribution is 0.0628. The summed E-state index contributed by atoms with van der Waals surface area (Å²) in [6, 6.07) is 18.1. The summed E-state index contributed by atoms with van der Waals surface area (Å²) in [4.78, 5) is 24.0. The van der Waals surface area contributed by atoms with Gasteiger partial charge in [0.25, 0.3) is 5.91 Å². The van der Waals surface area contributed by atoms with E-state index in [1.165, 1.54) is 0 Å². The highest BCUT2D eigenvalue weighted by Crippen LogP contribution is 2.23. The third-order valence-corrected chi connectivity index (χ3v) is 6.10. The highest BCUT2D eigenvalue weighted by atomic mass is 32.1. The van der Waals surface area contributed by atoms with Gasteiger partial charge in [0.15, 0.2) is 0 Å². The molecule has 2 heterocycles. The molecule has 1 aliphatic rings. The zero-order chi connectivity index (χ0) is 20.2. The molecule has 1 saturated heterocycles. The number of carbonyl (C=O) groups excluding carboxylic acids is 1. The van der Waals surface area contributed by atoms with Gasteiger partial charge in [-0.25, -0.2) is 4.98 Å². The molecule has 0 saturated carbocycles. The van der Waals surface area contributed by atoms with Gasteiger partial charge in [-0.3, -0.25) is 9.69 Å². The van der Waals surface area contributed by atoms with Gasteiger partial charge in [-0.2, -0.15) is 0 Å². The number of piperazine rings is 1. The fourth-order valence-electron chi connectivity index (χ4n) is 3.51. The Morgan fingerprint density at radius 2 is 1.69 bits per heavy atom. The molecule has 1 amide bonds. The lowest BCUT2D eigenvalue weighted by Crippen LogP contribution is -2.48. The van der Waals surface area contributed by atoms with Crippen LogP contribution in [0.4, 0.5) is 5.69 Å². The predicted octanol–water partition coefficient (Wildman–Crippen LogP) is 3.83. The molecule has 0 unspecified atom stereocenters. The molecule has 0 atom stereocenters. The number of thiazole rings is 1. The van der Waals surface area contributed by atoms with Crippen LogP contribution in [0.15, 0.2) is 60.0 Å². The maximum absolute atomic E-state index is 12.8. The Hall–Kier alpha value is -2.70. The minimum Gasteiger partial charge on any atom is -0.378 e. The van der Waals surface area contributed by atoms with Gasteiger partial charge in [0.05, 0.1) is 12.2 Å². The molecule has 4 rings (SSSR count). The Labute approximate surface area is 176 Å². The number of rotatable bonds is 5. The van der Waals surface area contributed by atoms with Crippen LogP contribution < -0.4 is 4.90 Å². The van der Waals surface area contributed by atoms with Crippen LogP contribution in [0.1, 0.15) is 15.4 Å². The van der Waals surface area contributed by atoms with Gasteiger partial charge in [-0.05, 0) is 24.3 Å². The lowest BCUT2D eigenvalue weighted by atomic mass is 10.1. The molecule has 0 radical (unpaired) electrons. The Morgan fingerprint density at radius 1 is 1.00 bits per heavy atom. The summed E-state index contributed by atoms with van der Waals surface area (Å²) in [5, 5.41) is 3.25. The molecular formula is C23H26N4OS. The van der Waals surface area contributed by atoms with E-state index in [9.17, 15) is 4.79 Å². The number of benzene rings is 2. The van der Waals surface area contributed by atoms with E-state index < -0.39 is 0 Å². The first-order valence-electron chi connectivity index (χ1n) is 9.89. The van der Waals surface area contributed by atoms with Crippen molar-refractivity contribution in [2.45, 2.75) is 6.54 Å². The van der Waals surface area contributed by atoms with Crippen LogP contribution in [0.3, 0.4) is 0 Å². The zero-order valence-electron chi connectivity index (χ0n) is 16.9. The maximum Gasteiger partial charge on any atom is 0.253 e. The summed E-state index contributed by atoms with van der Waals surface area (Å²) in [5.41, 5.74) is 4.06. The SMILES string of the molecule is CN(C)c1ccc(C(=O)N2CCN(Cc3nc(-c4ccccc4)cs3)CC2)cc1. The van der Waals surface area contributed by atoms with Crippen LogP contribution in [0.25, 0.3) is 11.3 Å². The van der Waals surface area contributed by atoms with Crippen LogP contribution in [-0.4, -0.2) is 61.0 Å². The van der Waals surface area contributed by atoms with Gasteiger partial charge < -0.3 is 9.80 Å². The molecule has 1 aromatic heterocycles. The Bertz CT molecular complexity index is 945. The monoisotopic (exact) mass is 406 g/mol. The molecule has 150 valence electrons. The zero-order valence-corrected chi connectivity index (χ0v) is 17.7. The minimum absolute atomic E-state index is 0.121. The first kappa shape index (κ1) is 19.6. The molecule has 1 aliphatic heterocycles. The first-order chi connectivity index (χ1) is 14.1. The van der Waals surface area contributed by atoms with Gasteiger partial charge in [0, 0.05) is 62.5 Å². The van der Waals surface area contributed by atoms with Crippen molar-refractivity contribution in [3.63, 3.8) is 0 Å². The molecule has 0 spiro atoms. The fraction of sp³-hybridized carbons (Fsp3) is 0.304. The molecule has 0 bridgehead atoms. The third-order valence-electron chi connectivity index (χ3n) is 5.27.